The molecule has 1 fully saturated rings. The van der Waals surface area contributed by atoms with Gasteiger partial charge in [0.1, 0.15) is 6.04 Å². The number of β-amino-alcohol motifs (C(OH)–C–C–N with tert-alkyl or cyclic N) is 1. The standard InChI is InChI=1S/C13H23NO4/c1-3-5-9(6-4-2)12(16)14-8-10(15)7-11(14)13(17)18/h9-11,15H,3-8H2,1-2H3,(H,17,18)/t10-,11-/m1/s1. The summed E-state index contributed by atoms with van der Waals surface area (Å²) in [7, 11) is 0. The lowest BCUT2D eigenvalue weighted by atomic mass is 9.96. The van der Waals surface area contributed by atoms with E-state index in [1.807, 2.05) is 13.8 Å². The average molecular weight is 257 g/mol. The lowest BCUT2D eigenvalue weighted by molar-refractivity contribution is -0.150. The Labute approximate surface area is 108 Å². The molecule has 1 saturated heterocycles. The number of likely N-dealkylation sites (tertiary alicyclic amines) is 1. The Hall–Kier alpha value is -1.10. The van der Waals surface area contributed by atoms with Crippen LogP contribution in [0.3, 0.4) is 0 Å². The molecule has 2 atom stereocenters. The molecule has 0 saturated carbocycles. The highest BCUT2D eigenvalue weighted by Gasteiger charge is 2.40. The van der Waals surface area contributed by atoms with Gasteiger partial charge in [0.05, 0.1) is 6.10 Å². The normalized spacial score (nSPS) is 23.7. The van der Waals surface area contributed by atoms with Crippen molar-refractivity contribution in [3.05, 3.63) is 0 Å². The van der Waals surface area contributed by atoms with Gasteiger partial charge < -0.3 is 15.1 Å². The van der Waals surface area contributed by atoms with Crippen molar-refractivity contribution < 1.29 is 19.8 Å². The molecule has 18 heavy (non-hydrogen) atoms. The van der Waals surface area contributed by atoms with Gasteiger partial charge in [-0.1, -0.05) is 26.7 Å². The van der Waals surface area contributed by atoms with E-state index >= 15 is 0 Å². The van der Waals surface area contributed by atoms with E-state index in [2.05, 4.69) is 0 Å². The molecule has 1 aliphatic heterocycles. The zero-order chi connectivity index (χ0) is 13.7. The van der Waals surface area contributed by atoms with Gasteiger partial charge >= 0.3 is 5.97 Å². The summed E-state index contributed by atoms with van der Waals surface area (Å²) >= 11 is 0. The molecule has 1 heterocycles. The summed E-state index contributed by atoms with van der Waals surface area (Å²) in [6.07, 6.45) is 2.82. The number of aliphatic carboxylic acids is 1. The van der Waals surface area contributed by atoms with Gasteiger partial charge in [-0.2, -0.15) is 0 Å². The molecule has 0 radical (unpaired) electrons. The Bertz CT molecular complexity index is 299. The van der Waals surface area contributed by atoms with Crippen LogP contribution in [0.15, 0.2) is 0 Å². The van der Waals surface area contributed by atoms with E-state index in [1.54, 1.807) is 0 Å². The summed E-state index contributed by atoms with van der Waals surface area (Å²) in [5, 5.41) is 18.6. The number of carboxylic acid groups (broad SMARTS) is 1. The van der Waals surface area contributed by atoms with E-state index in [0.29, 0.717) is 0 Å². The summed E-state index contributed by atoms with van der Waals surface area (Å²) in [6, 6.07) is -0.858. The number of carbonyl (C=O) groups is 2. The highest BCUT2D eigenvalue weighted by Crippen LogP contribution is 2.24. The number of aliphatic hydroxyl groups excluding tert-OH is 1. The fraction of sp³-hybridized carbons (Fsp3) is 0.846. The van der Waals surface area contributed by atoms with E-state index in [4.69, 9.17) is 5.11 Å². The molecule has 1 amide bonds. The van der Waals surface area contributed by atoms with Crippen LogP contribution in [-0.2, 0) is 9.59 Å². The van der Waals surface area contributed by atoms with Gasteiger partial charge in [0, 0.05) is 18.9 Å². The van der Waals surface area contributed by atoms with Crippen molar-refractivity contribution in [2.45, 2.75) is 58.1 Å². The first-order valence-electron chi connectivity index (χ1n) is 6.72. The number of hydrogen-bond donors (Lipinski definition) is 2. The maximum absolute atomic E-state index is 12.3. The topological polar surface area (TPSA) is 77.8 Å². The molecule has 0 spiro atoms. The quantitative estimate of drug-likeness (QED) is 0.750. The first-order valence-corrected chi connectivity index (χ1v) is 6.72. The van der Waals surface area contributed by atoms with Crippen molar-refractivity contribution in [1.82, 2.24) is 4.90 Å². The van der Waals surface area contributed by atoms with Gasteiger partial charge in [0.2, 0.25) is 5.91 Å². The monoisotopic (exact) mass is 257 g/mol. The van der Waals surface area contributed by atoms with Gasteiger partial charge in [-0.15, -0.1) is 0 Å². The maximum atomic E-state index is 12.3. The van der Waals surface area contributed by atoms with Crippen molar-refractivity contribution in [2.24, 2.45) is 5.92 Å². The van der Waals surface area contributed by atoms with Crippen molar-refractivity contribution in [1.29, 1.82) is 0 Å². The van der Waals surface area contributed by atoms with Crippen molar-refractivity contribution >= 4 is 11.9 Å². The summed E-state index contributed by atoms with van der Waals surface area (Å²) in [5.74, 6) is -1.23. The SMILES string of the molecule is CCCC(CCC)C(=O)N1C[C@H](O)C[C@@H]1C(=O)O. The minimum Gasteiger partial charge on any atom is -0.480 e. The van der Waals surface area contributed by atoms with Crippen LogP contribution in [0, 0.1) is 5.92 Å². The largest absolute Gasteiger partial charge is 0.480 e. The molecule has 5 heteroatoms. The molecule has 0 aromatic carbocycles. The molecule has 5 nitrogen and oxygen atoms in total. The van der Waals surface area contributed by atoms with Gasteiger partial charge in [0.15, 0.2) is 0 Å². The van der Waals surface area contributed by atoms with Gasteiger partial charge in [0.25, 0.3) is 0 Å². The van der Waals surface area contributed by atoms with Crippen LogP contribution < -0.4 is 0 Å². The molecule has 0 bridgehead atoms. The number of rotatable bonds is 6. The summed E-state index contributed by atoms with van der Waals surface area (Å²) < 4.78 is 0. The minimum absolute atomic E-state index is 0.104. The fourth-order valence-electron chi connectivity index (χ4n) is 2.61. The summed E-state index contributed by atoms with van der Waals surface area (Å²) in [4.78, 5) is 24.8. The first-order chi connectivity index (χ1) is 8.51. The predicted molar refractivity (Wildman–Crippen MR) is 67.1 cm³/mol. The number of hydrogen-bond acceptors (Lipinski definition) is 3. The van der Waals surface area contributed by atoms with Crippen molar-refractivity contribution in [3.63, 3.8) is 0 Å². The Morgan fingerprint density at radius 2 is 1.83 bits per heavy atom. The zero-order valence-corrected chi connectivity index (χ0v) is 11.1. The smallest absolute Gasteiger partial charge is 0.326 e. The molecule has 104 valence electrons. The van der Waals surface area contributed by atoms with E-state index in [-0.39, 0.29) is 24.8 Å². The molecular weight excluding hydrogens is 234 g/mol. The summed E-state index contributed by atoms with van der Waals surface area (Å²) in [6.45, 7) is 4.19. The second kappa shape index (κ2) is 6.73. The lowest BCUT2D eigenvalue weighted by Crippen LogP contribution is -2.43. The zero-order valence-electron chi connectivity index (χ0n) is 11.1. The van der Waals surface area contributed by atoms with Crippen LogP contribution in [0.1, 0.15) is 46.0 Å². The molecule has 0 aromatic heterocycles. The van der Waals surface area contributed by atoms with E-state index in [1.165, 1.54) is 4.90 Å². The van der Waals surface area contributed by atoms with Crippen LogP contribution in [0.2, 0.25) is 0 Å². The Kier molecular flexibility index (Phi) is 5.59. The lowest BCUT2D eigenvalue weighted by Gasteiger charge is -2.26. The highest BCUT2D eigenvalue weighted by molar-refractivity contribution is 5.85. The van der Waals surface area contributed by atoms with Crippen LogP contribution in [0.25, 0.3) is 0 Å². The second-order valence-electron chi connectivity index (χ2n) is 5.01. The van der Waals surface area contributed by atoms with Crippen molar-refractivity contribution in [3.8, 4) is 0 Å². The third-order valence-corrected chi connectivity index (χ3v) is 3.47. The summed E-state index contributed by atoms with van der Waals surface area (Å²) in [5.41, 5.74) is 0. The van der Waals surface area contributed by atoms with Gasteiger partial charge in [-0.25, -0.2) is 4.79 Å². The van der Waals surface area contributed by atoms with Crippen LogP contribution in [-0.4, -0.2) is 45.7 Å². The third-order valence-electron chi connectivity index (χ3n) is 3.47. The first kappa shape index (κ1) is 15.0. The number of carbonyl (C=O) groups excluding carboxylic acids is 1. The molecular formula is C13H23NO4. The average Bonchev–Trinajstić information content (AvgIpc) is 2.70. The molecule has 2 N–H and O–H groups in total. The van der Waals surface area contributed by atoms with E-state index in [0.717, 1.165) is 25.7 Å². The van der Waals surface area contributed by atoms with Crippen LogP contribution in [0.5, 0.6) is 0 Å². The number of carboxylic acids is 1. The second-order valence-corrected chi connectivity index (χ2v) is 5.01. The molecule has 0 aromatic rings. The number of aliphatic hydroxyl groups is 1. The van der Waals surface area contributed by atoms with Gasteiger partial charge in [-0.3, -0.25) is 4.79 Å². The minimum atomic E-state index is -1.02. The molecule has 0 aliphatic carbocycles. The van der Waals surface area contributed by atoms with Crippen LogP contribution >= 0.6 is 0 Å². The van der Waals surface area contributed by atoms with E-state index in [9.17, 15) is 14.7 Å². The van der Waals surface area contributed by atoms with Crippen molar-refractivity contribution in [2.75, 3.05) is 6.54 Å². The van der Waals surface area contributed by atoms with Gasteiger partial charge in [-0.05, 0) is 12.8 Å². The predicted octanol–water partition coefficient (Wildman–Crippen LogP) is 1.25. The third kappa shape index (κ3) is 3.45. The molecule has 0 unspecified atom stereocenters. The Morgan fingerprint density at radius 3 is 2.28 bits per heavy atom. The number of amides is 1. The Balaban J connectivity index is 2.76. The number of nitrogens with zero attached hydrogens (tertiary/aromatic N) is 1. The fourth-order valence-corrected chi connectivity index (χ4v) is 2.61. The Morgan fingerprint density at radius 1 is 1.28 bits per heavy atom. The maximum Gasteiger partial charge on any atom is 0.326 e. The highest BCUT2D eigenvalue weighted by atomic mass is 16.4. The van der Waals surface area contributed by atoms with Crippen LogP contribution in [0.4, 0.5) is 0 Å². The molecule has 1 rings (SSSR count). The van der Waals surface area contributed by atoms with E-state index < -0.39 is 18.1 Å². The molecule has 1 aliphatic rings.